The number of aromatic nitrogens is 2. The zero-order chi connectivity index (χ0) is 15.4. The molecule has 1 heterocycles. The number of nitrogens with zero attached hydrogens (tertiary/aromatic N) is 2. The predicted molar refractivity (Wildman–Crippen MR) is 89.8 cm³/mol. The number of nitrogens with two attached hydrogens (primary N) is 2. The van der Waals surface area contributed by atoms with Gasteiger partial charge in [-0.25, -0.2) is 9.97 Å². The lowest BCUT2D eigenvalue weighted by atomic mass is 10.1. The van der Waals surface area contributed by atoms with E-state index in [0.29, 0.717) is 35.2 Å². The fraction of sp³-hybridized carbons (Fsp3) is 0.429. The molecule has 2 rings (SSSR count). The number of anilines is 1. The molecule has 0 aliphatic carbocycles. The van der Waals surface area contributed by atoms with Crippen LogP contribution >= 0.6 is 12.4 Å². The van der Waals surface area contributed by atoms with E-state index in [1.54, 1.807) is 26.4 Å². The number of methoxy groups -OCH3 is 2. The van der Waals surface area contributed by atoms with Crippen molar-refractivity contribution >= 4 is 29.1 Å². The topological polar surface area (TPSA) is 108 Å². The van der Waals surface area contributed by atoms with E-state index < -0.39 is 0 Å². The van der Waals surface area contributed by atoms with E-state index >= 15 is 0 Å². The highest BCUT2D eigenvalue weighted by atomic mass is 35.5. The molecular formula is C14H22ClN5O2. The van der Waals surface area contributed by atoms with E-state index in [2.05, 4.69) is 15.3 Å². The first-order chi connectivity index (χ1) is 10.1. The van der Waals surface area contributed by atoms with Crippen molar-refractivity contribution in [2.45, 2.75) is 12.5 Å². The van der Waals surface area contributed by atoms with Gasteiger partial charge in [0, 0.05) is 11.5 Å². The molecule has 0 aliphatic rings. The van der Waals surface area contributed by atoms with Gasteiger partial charge < -0.3 is 26.3 Å². The van der Waals surface area contributed by atoms with Crippen LogP contribution in [0.5, 0.6) is 11.5 Å². The van der Waals surface area contributed by atoms with Crippen LogP contribution in [0.1, 0.15) is 18.3 Å². The van der Waals surface area contributed by atoms with Gasteiger partial charge >= 0.3 is 0 Å². The number of fused-ring (bicyclic) bond motifs is 1. The Hall–Kier alpha value is -1.83. The van der Waals surface area contributed by atoms with Gasteiger partial charge in [-0.3, -0.25) is 0 Å². The summed E-state index contributed by atoms with van der Waals surface area (Å²) in [6.07, 6.45) is 0.731. The molecule has 0 saturated carbocycles. The number of nitrogen functional groups attached to an aromatic ring is 1. The van der Waals surface area contributed by atoms with Gasteiger partial charge in [-0.15, -0.1) is 12.4 Å². The molecule has 122 valence electrons. The van der Waals surface area contributed by atoms with Crippen LogP contribution in [0.15, 0.2) is 12.1 Å². The van der Waals surface area contributed by atoms with Crippen molar-refractivity contribution in [3.05, 3.63) is 18.0 Å². The Labute approximate surface area is 135 Å². The third-order valence-electron chi connectivity index (χ3n) is 3.36. The van der Waals surface area contributed by atoms with Gasteiger partial charge in [0.25, 0.3) is 0 Å². The van der Waals surface area contributed by atoms with Crippen molar-refractivity contribution in [1.82, 2.24) is 15.3 Å². The molecule has 0 radical (unpaired) electrons. The summed E-state index contributed by atoms with van der Waals surface area (Å²) in [5.41, 5.74) is 12.4. The lowest BCUT2D eigenvalue weighted by molar-refractivity contribution is 0.355. The first-order valence-electron chi connectivity index (χ1n) is 6.71. The van der Waals surface area contributed by atoms with E-state index in [-0.39, 0.29) is 18.4 Å². The molecule has 22 heavy (non-hydrogen) atoms. The molecular weight excluding hydrogens is 306 g/mol. The lowest BCUT2D eigenvalue weighted by Gasteiger charge is -2.16. The van der Waals surface area contributed by atoms with E-state index in [9.17, 15) is 0 Å². The molecule has 0 spiro atoms. The fourth-order valence-electron chi connectivity index (χ4n) is 2.22. The minimum absolute atomic E-state index is 0. The van der Waals surface area contributed by atoms with Crippen LogP contribution in [0.2, 0.25) is 0 Å². The number of hydrogen-bond acceptors (Lipinski definition) is 7. The molecule has 0 aliphatic heterocycles. The van der Waals surface area contributed by atoms with Crippen molar-refractivity contribution in [2.24, 2.45) is 5.73 Å². The predicted octanol–water partition coefficient (Wildman–Crippen LogP) is 1.26. The third kappa shape index (κ3) is 3.49. The smallest absolute Gasteiger partial charge is 0.162 e. The second-order valence-corrected chi connectivity index (χ2v) is 4.61. The van der Waals surface area contributed by atoms with Crippen molar-refractivity contribution in [3.8, 4) is 11.5 Å². The van der Waals surface area contributed by atoms with E-state index in [1.165, 1.54) is 0 Å². The van der Waals surface area contributed by atoms with Gasteiger partial charge in [-0.2, -0.15) is 0 Å². The molecule has 0 fully saturated rings. The highest BCUT2D eigenvalue weighted by Crippen LogP contribution is 2.33. The Balaban J connectivity index is 0.00000242. The Morgan fingerprint density at radius 1 is 1.18 bits per heavy atom. The van der Waals surface area contributed by atoms with E-state index in [1.807, 2.05) is 7.05 Å². The molecule has 8 heteroatoms. The van der Waals surface area contributed by atoms with Gasteiger partial charge in [-0.1, -0.05) is 0 Å². The van der Waals surface area contributed by atoms with Gasteiger partial charge in [0.05, 0.1) is 25.8 Å². The summed E-state index contributed by atoms with van der Waals surface area (Å²) in [6, 6.07) is 3.55. The van der Waals surface area contributed by atoms with Gasteiger partial charge in [0.1, 0.15) is 11.6 Å². The Morgan fingerprint density at radius 3 is 2.36 bits per heavy atom. The number of benzene rings is 1. The summed E-state index contributed by atoms with van der Waals surface area (Å²) in [5, 5.41) is 3.88. The maximum absolute atomic E-state index is 6.05. The van der Waals surface area contributed by atoms with Gasteiger partial charge in [0.2, 0.25) is 0 Å². The summed E-state index contributed by atoms with van der Waals surface area (Å²) >= 11 is 0. The summed E-state index contributed by atoms with van der Waals surface area (Å²) in [6.45, 7) is 0.540. The van der Waals surface area contributed by atoms with Crippen LogP contribution in [0.25, 0.3) is 10.9 Å². The van der Waals surface area contributed by atoms with Crippen LogP contribution < -0.4 is 26.3 Å². The quantitative estimate of drug-likeness (QED) is 0.732. The normalized spacial score (nSPS) is 11.8. The number of rotatable bonds is 6. The van der Waals surface area contributed by atoms with E-state index in [0.717, 1.165) is 11.8 Å². The molecule has 1 atom stereocenters. The number of ether oxygens (including phenoxy) is 2. The van der Waals surface area contributed by atoms with E-state index in [4.69, 9.17) is 20.9 Å². The number of halogens is 1. The van der Waals surface area contributed by atoms with Crippen LogP contribution in [0.3, 0.4) is 0 Å². The summed E-state index contributed by atoms with van der Waals surface area (Å²) in [4.78, 5) is 8.94. The highest BCUT2D eigenvalue weighted by Gasteiger charge is 2.16. The van der Waals surface area contributed by atoms with Gasteiger partial charge in [0.15, 0.2) is 11.5 Å². The SMILES string of the molecule is CNC(CCN)c1nc(N)c2cc(OC)c(OC)cc2n1.Cl. The first-order valence-corrected chi connectivity index (χ1v) is 6.71. The molecule has 7 nitrogen and oxygen atoms in total. The molecule has 5 N–H and O–H groups in total. The maximum Gasteiger partial charge on any atom is 0.162 e. The second kappa shape index (κ2) is 7.98. The molecule has 0 amide bonds. The van der Waals surface area contributed by atoms with Crippen LogP contribution in [-0.4, -0.2) is 37.8 Å². The zero-order valence-electron chi connectivity index (χ0n) is 12.9. The second-order valence-electron chi connectivity index (χ2n) is 4.61. The molecule has 0 saturated heterocycles. The van der Waals surface area contributed by atoms with Crippen LogP contribution in [-0.2, 0) is 0 Å². The van der Waals surface area contributed by atoms with Crippen molar-refractivity contribution in [1.29, 1.82) is 0 Å². The molecule has 2 aromatic rings. The number of nitrogens with one attached hydrogen (secondary N) is 1. The Morgan fingerprint density at radius 2 is 1.82 bits per heavy atom. The average molecular weight is 328 g/mol. The number of hydrogen-bond donors (Lipinski definition) is 3. The standard InChI is InChI=1S/C14H21N5O2.ClH/c1-17-9(4-5-15)14-18-10-7-12(21-3)11(20-2)6-8(10)13(16)19-14;/h6-7,9,17H,4-5,15H2,1-3H3,(H2,16,18,19);1H. The third-order valence-corrected chi connectivity index (χ3v) is 3.36. The summed E-state index contributed by atoms with van der Waals surface area (Å²) in [5.74, 6) is 2.24. The lowest BCUT2D eigenvalue weighted by Crippen LogP contribution is -2.22. The first kappa shape index (κ1) is 18.2. The summed E-state index contributed by atoms with van der Waals surface area (Å²) < 4.78 is 10.6. The minimum Gasteiger partial charge on any atom is -0.493 e. The van der Waals surface area contributed by atoms with Crippen molar-refractivity contribution in [2.75, 3.05) is 33.5 Å². The molecule has 1 aromatic heterocycles. The minimum atomic E-state index is -0.0326. The van der Waals surface area contributed by atoms with Crippen molar-refractivity contribution in [3.63, 3.8) is 0 Å². The zero-order valence-corrected chi connectivity index (χ0v) is 13.7. The molecule has 0 bridgehead atoms. The largest absolute Gasteiger partial charge is 0.493 e. The Kier molecular flexibility index (Phi) is 6.61. The Bertz CT molecular complexity index is 638. The fourth-order valence-corrected chi connectivity index (χ4v) is 2.22. The van der Waals surface area contributed by atoms with Crippen LogP contribution in [0, 0.1) is 0 Å². The monoisotopic (exact) mass is 327 g/mol. The van der Waals surface area contributed by atoms with Crippen molar-refractivity contribution < 1.29 is 9.47 Å². The average Bonchev–Trinajstić information content (AvgIpc) is 2.51. The van der Waals surface area contributed by atoms with Crippen LogP contribution in [0.4, 0.5) is 5.82 Å². The summed E-state index contributed by atoms with van der Waals surface area (Å²) in [7, 11) is 5.01. The molecule has 1 aromatic carbocycles. The van der Waals surface area contributed by atoms with Gasteiger partial charge in [-0.05, 0) is 26.1 Å². The molecule has 1 unspecified atom stereocenters. The highest BCUT2D eigenvalue weighted by molar-refractivity contribution is 5.90. The maximum atomic E-state index is 6.05.